The van der Waals surface area contributed by atoms with Gasteiger partial charge in [0.2, 0.25) is 0 Å². The van der Waals surface area contributed by atoms with Gasteiger partial charge in [0.05, 0.1) is 6.04 Å². The molecule has 1 aromatic rings. The normalized spacial score (nSPS) is 13.1. The molecule has 0 fully saturated rings. The van der Waals surface area contributed by atoms with Crippen LogP contribution in [0, 0.1) is 0 Å². The molecular weight excluding hydrogens is 192 g/mol. The van der Waals surface area contributed by atoms with Crippen LogP contribution in [-0.4, -0.2) is 4.98 Å². The van der Waals surface area contributed by atoms with Gasteiger partial charge in [0.1, 0.15) is 5.01 Å². The van der Waals surface area contributed by atoms with Gasteiger partial charge in [-0.25, -0.2) is 4.98 Å². The Labute approximate surface area is 90.6 Å². The van der Waals surface area contributed by atoms with Crippen LogP contribution in [0.4, 0.5) is 0 Å². The Hall–Kier alpha value is -0.410. The molecule has 1 unspecified atom stereocenters. The number of aromatic nitrogens is 1. The fourth-order valence-electron chi connectivity index (χ4n) is 1.37. The van der Waals surface area contributed by atoms with Crippen molar-refractivity contribution in [2.75, 3.05) is 0 Å². The summed E-state index contributed by atoms with van der Waals surface area (Å²) in [7, 11) is 0. The van der Waals surface area contributed by atoms with Crippen LogP contribution in [0.15, 0.2) is 6.20 Å². The minimum absolute atomic E-state index is 0.0874. The van der Waals surface area contributed by atoms with E-state index in [1.54, 1.807) is 11.3 Å². The Morgan fingerprint density at radius 1 is 1.43 bits per heavy atom. The molecule has 0 amide bonds. The minimum atomic E-state index is 0.0874. The van der Waals surface area contributed by atoms with E-state index in [0.29, 0.717) is 0 Å². The van der Waals surface area contributed by atoms with E-state index in [-0.39, 0.29) is 6.04 Å². The molecule has 1 heterocycles. The Balaban J connectivity index is 2.29. The predicted octanol–water partition coefficient (Wildman–Crippen LogP) is 3.29. The summed E-state index contributed by atoms with van der Waals surface area (Å²) in [5.41, 5.74) is 5.75. The number of nitrogens with zero attached hydrogens (tertiary/aromatic N) is 1. The first-order valence-corrected chi connectivity index (χ1v) is 6.26. The quantitative estimate of drug-likeness (QED) is 0.735. The Morgan fingerprint density at radius 3 is 2.79 bits per heavy atom. The van der Waals surface area contributed by atoms with Crippen LogP contribution in [0.1, 0.15) is 55.5 Å². The fraction of sp³-hybridized carbons (Fsp3) is 0.727. The highest BCUT2D eigenvalue weighted by Crippen LogP contribution is 2.20. The summed E-state index contributed by atoms with van der Waals surface area (Å²) in [5.74, 6) is 0. The maximum atomic E-state index is 5.75. The fourth-order valence-corrected chi connectivity index (χ4v) is 2.29. The Morgan fingerprint density at radius 2 is 2.21 bits per heavy atom. The van der Waals surface area contributed by atoms with Crippen LogP contribution in [-0.2, 0) is 6.42 Å². The maximum Gasteiger partial charge on any atom is 0.109 e. The molecule has 2 N–H and O–H groups in total. The summed E-state index contributed by atoms with van der Waals surface area (Å²) >= 11 is 1.76. The zero-order valence-electron chi connectivity index (χ0n) is 9.12. The van der Waals surface area contributed by atoms with Crippen molar-refractivity contribution in [1.82, 2.24) is 4.98 Å². The predicted molar refractivity (Wildman–Crippen MR) is 62.6 cm³/mol. The van der Waals surface area contributed by atoms with E-state index in [1.807, 2.05) is 13.1 Å². The van der Waals surface area contributed by atoms with Crippen molar-refractivity contribution >= 4 is 11.3 Å². The molecule has 2 nitrogen and oxygen atoms in total. The monoisotopic (exact) mass is 212 g/mol. The third kappa shape index (κ3) is 3.76. The van der Waals surface area contributed by atoms with E-state index in [2.05, 4.69) is 11.9 Å². The number of nitrogens with two attached hydrogens (primary N) is 1. The topological polar surface area (TPSA) is 38.9 Å². The standard InChI is InChI=1S/C11H20N2S/c1-3-4-5-6-7-10-8-13-11(14-10)9(2)12/h8-9H,3-7,12H2,1-2H3. The van der Waals surface area contributed by atoms with Gasteiger partial charge in [0, 0.05) is 11.1 Å². The molecule has 0 radical (unpaired) electrons. The first kappa shape index (κ1) is 11.7. The van der Waals surface area contributed by atoms with Gasteiger partial charge in [-0.3, -0.25) is 0 Å². The molecule has 0 saturated heterocycles. The lowest BCUT2D eigenvalue weighted by Crippen LogP contribution is -2.03. The van der Waals surface area contributed by atoms with Crippen molar-refractivity contribution in [3.05, 3.63) is 16.1 Å². The lowest BCUT2D eigenvalue weighted by atomic mass is 10.1. The second kappa shape index (κ2) is 6.14. The van der Waals surface area contributed by atoms with E-state index in [0.717, 1.165) is 5.01 Å². The van der Waals surface area contributed by atoms with Gasteiger partial charge in [-0.05, 0) is 19.8 Å². The number of hydrogen-bond donors (Lipinski definition) is 1. The SMILES string of the molecule is CCCCCCc1cnc(C(C)N)s1. The van der Waals surface area contributed by atoms with Crippen LogP contribution in [0.5, 0.6) is 0 Å². The highest BCUT2D eigenvalue weighted by molar-refractivity contribution is 7.11. The smallest absolute Gasteiger partial charge is 0.109 e. The van der Waals surface area contributed by atoms with Crippen molar-refractivity contribution in [3.8, 4) is 0 Å². The molecule has 1 aromatic heterocycles. The van der Waals surface area contributed by atoms with E-state index >= 15 is 0 Å². The Bertz CT molecular complexity index is 256. The molecule has 0 aliphatic carbocycles. The van der Waals surface area contributed by atoms with Gasteiger partial charge in [0.15, 0.2) is 0 Å². The number of thiazole rings is 1. The average Bonchev–Trinajstić information content (AvgIpc) is 2.61. The summed E-state index contributed by atoms with van der Waals surface area (Å²) in [5, 5.41) is 1.07. The molecule has 0 aromatic carbocycles. The molecule has 0 spiro atoms. The van der Waals surface area contributed by atoms with E-state index < -0.39 is 0 Å². The molecule has 80 valence electrons. The third-order valence-electron chi connectivity index (χ3n) is 2.24. The van der Waals surface area contributed by atoms with Crippen LogP contribution < -0.4 is 5.73 Å². The minimum Gasteiger partial charge on any atom is -0.322 e. The summed E-state index contributed by atoms with van der Waals surface area (Å²) in [6.07, 6.45) is 8.42. The van der Waals surface area contributed by atoms with Crippen molar-refractivity contribution in [2.24, 2.45) is 5.73 Å². The number of hydrogen-bond acceptors (Lipinski definition) is 3. The van der Waals surface area contributed by atoms with Crippen molar-refractivity contribution < 1.29 is 0 Å². The molecule has 0 bridgehead atoms. The van der Waals surface area contributed by atoms with Crippen molar-refractivity contribution in [2.45, 2.75) is 52.0 Å². The molecule has 0 saturated carbocycles. The van der Waals surface area contributed by atoms with Gasteiger partial charge in [-0.1, -0.05) is 26.2 Å². The first-order valence-electron chi connectivity index (χ1n) is 5.44. The maximum absolute atomic E-state index is 5.75. The van der Waals surface area contributed by atoms with Crippen LogP contribution in [0.2, 0.25) is 0 Å². The lowest BCUT2D eigenvalue weighted by molar-refractivity contribution is 0.670. The molecule has 1 rings (SSSR count). The highest BCUT2D eigenvalue weighted by atomic mass is 32.1. The van der Waals surface area contributed by atoms with Crippen molar-refractivity contribution in [1.29, 1.82) is 0 Å². The summed E-state index contributed by atoms with van der Waals surface area (Å²) in [4.78, 5) is 5.69. The number of unbranched alkanes of at least 4 members (excludes halogenated alkanes) is 3. The van der Waals surface area contributed by atoms with Gasteiger partial charge >= 0.3 is 0 Å². The van der Waals surface area contributed by atoms with Crippen molar-refractivity contribution in [3.63, 3.8) is 0 Å². The molecule has 0 aliphatic heterocycles. The number of rotatable bonds is 6. The molecule has 14 heavy (non-hydrogen) atoms. The second-order valence-electron chi connectivity index (χ2n) is 3.76. The average molecular weight is 212 g/mol. The van der Waals surface area contributed by atoms with E-state index in [4.69, 9.17) is 5.73 Å². The van der Waals surface area contributed by atoms with E-state index in [1.165, 1.54) is 37.0 Å². The largest absolute Gasteiger partial charge is 0.322 e. The van der Waals surface area contributed by atoms with Gasteiger partial charge in [-0.15, -0.1) is 11.3 Å². The summed E-state index contributed by atoms with van der Waals surface area (Å²) < 4.78 is 0. The van der Waals surface area contributed by atoms with E-state index in [9.17, 15) is 0 Å². The third-order valence-corrected chi connectivity index (χ3v) is 3.50. The molecule has 3 heteroatoms. The zero-order chi connectivity index (χ0) is 10.4. The second-order valence-corrected chi connectivity index (χ2v) is 4.91. The summed E-state index contributed by atoms with van der Waals surface area (Å²) in [6, 6.07) is 0.0874. The summed E-state index contributed by atoms with van der Waals surface area (Å²) in [6.45, 7) is 4.22. The van der Waals surface area contributed by atoms with Crippen LogP contribution in [0.25, 0.3) is 0 Å². The zero-order valence-corrected chi connectivity index (χ0v) is 9.94. The Kier molecular flexibility index (Phi) is 5.12. The van der Waals surface area contributed by atoms with Gasteiger partial charge < -0.3 is 5.73 Å². The lowest BCUT2D eigenvalue weighted by Gasteiger charge is -1.97. The highest BCUT2D eigenvalue weighted by Gasteiger charge is 2.05. The van der Waals surface area contributed by atoms with Gasteiger partial charge in [0.25, 0.3) is 0 Å². The van der Waals surface area contributed by atoms with Gasteiger partial charge in [-0.2, -0.15) is 0 Å². The molecule has 1 atom stereocenters. The molecule has 0 aliphatic rings. The van der Waals surface area contributed by atoms with Crippen LogP contribution >= 0.6 is 11.3 Å². The molecular formula is C11H20N2S. The van der Waals surface area contributed by atoms with Crippen LogP contribution in [0.3, 0.4) is 0 Å². The first-order chi connectivity index (χ1) is 6.74. The number of aryl methyl sites for hydroxylation is 1.